The zero-order valence-electron chi connectivity index (χ0n) is 15.3. The minimum absolute atomic E-state index is 0.0453. The molecule has 27 heavy (non-hydrogen) atoms. The normalized spacial score (nSPS) is 12.3. The summed E-state index contributed by atoms with van der Waals surface area (Å²) in [6, 6.07) is 11.7. The van der Waals surface area contributed by atoms with Crippen LogP contribution < -0.4 is 4.74 Å². The monoisotopic (exact) mass is 387 g/mol. The number of aromatic nitrogens is 1. The fourth-order valence-electron chi connectivity index (χ4n) is 2.78. The third-order valence-electron chi connectivity index (χ3n) is 4.07. The predicted octanol–water partition coefficient (Wildman–Crippen LogP) is 4.55. The molecule has 0 spiro atoms. The van der Waals surface area contributed by atoms with Crippen molar-refractivity contribution < 1.29 is 18.3 Å². The van der Waals surface area contributed by atoms with Crippen LogP contribution >= 0.6 is 0 Å². The maximum absolute atomic E-state index is 12.5. The summed E-state index contributed by atoms with van der Waals surface area (Å²) < 4.78 is 33.6. The first kappa shape index (κ1) is 18.9. The van der Waals surface area contributed by atoms with Gasteiger partial charge in [0.05, 0.1) is 17.5 Å². The van der Waals surface area contributed by atoms with Crippen molar-refractivity contribution in [2.45, 2.75) is 25.2 Å². The van der Waals surface area contributed by atoms with Crippen LogP contribution in [0.4, 0.5) is 5.69 Å². The van der Waals surface area contributed by atoms with E-state index in [4.69, 9.17) is 4.74 Å². The molecule has 2 aromatic carbocycles. The average Bonchev–Trinajstić information content (AvgIpc) is 2.94. The lowest BCUT2D eigenvalue weighted by Gasteiger charge is -2.05. The van der Waals surface area contributed by atoms with Gasteiger partial charge in [-0.3, -0.25) is 0 Å². The molecule has 0 aliphatic rings. The van der Waals surface area contributed by atoms with E-state index in [9.17, 15) is 13.5 Å². The molecule has 0 saturated carbocycles. The van der Waals surface area contributed by atoms with E-state index in [0.717, 1.165) is 12.0 Å². The molecule has 0 atom stereocenters. The van der Waals surface area contributed by atoms with Gasteiger partial charge in [0.25, 0.3) is 10.0 Å². The molecule has 2 N–H and O–H groups in total. The number of hydrogen-bond acceptors (Lipinski definition) is 5. The Kier molecular flexibility index (Phi) is 5.18. The molecule has 0 aliphatic heterocycles. The molecule has 0 saturated heterocycles. The maximum Gasteiger partial charge on any atom is 0.299 e. The molecule has 1 heterocycles. The molecular formula is C19H21N3O4S. The van der Waals surface area contributed by atoms with Crippen molar-refractivity contribution in [2.75, 3.05) is 7.11 Å². The topological polar surface area (TPSA) is 104 Å². The Morgan fingerprint density at radius 2 is 1.85 bits per heavy atom. The number of H-pyrrole nitrogens is 1. The lowest BCUT2D eigenvalue weighted by molar-refractivity contribution is 0.415. The molecule has 1 aromatic heterocycles. The van der Waals surface area contributed by atoms with Crippen LogP contribution in [0.15, 0.2) is 57.0 Å². The number of benzene rings is 2. The summed E-state index contributed by atoms with van der Waals surface area (Å²) in [7, 11) is -2.46. The van der Waals surface area contributed by atoms with Crippen molar-refractivity contribution >= 4 is 26.6 Å². The van der Waals surface area contributed by atoms with Crippen LogP contribution in [0.3, 0.4) is 0 Å². The highest BCUT2D eigenvalue weighted by molar-refractivity contribution is 7.90. The summed E-state index contributed by atoms with van der Waals surface area (Å²) >= 11 is 0. The minimum Gasteiger partial charge on any atom is -0.497 e. The number of nitrogens with one attached hydrogen (secondary N) is 1. The first-order valence-corrected chi connectivity index (χ1v) is 9.90. The number of aromatic amines is 1. The summed E-state index contributed by atoms with van der Waals surface area (Å²) in [5, 5.41) is 14.3. The highest BCUT2D eigenvalue weighted by atomic mass is 32.2. The highest BCUT2D eigenvalue weighted by Crippen LogP contribution is 2.37. The highest BCUT2D eigenvalue weighted by Gasteiger charge is 2.16. The summed E-state index contributed by atoms with van der Waals surface area (Å²) in [5.41, 5.74) is 1.70. The number of rotatable bonds is 6. The third kappa shape index (κ3) is 4.11. The van der Waals surface area contributed by atoms with E-state index in [2.05, 4.69) is 28.5 Å². The molecule has 0 unspecified atom stereocenters. The fourth-order valence-corrected chi connectivity index (χ4v) is 3.54. The second kappa shape index (κ2) is 7.40. The number of nitrogens with zero attached hydrogens (tertiary/aromatic N) is 2. The van der Waals surface area contributed by atoms with E-state index in [1.165, 1.54) is 19.2 Å². The van der Waals surface area contributed by atoms with Crippen molar-refractivity contribution in [3.63, 3.8) is 0 Å². The molecule has 0 radical (unpaired) electrons. The molecule has 7 nitrogen and oxygen atoms in total. The predicted molar refractivity (Wildman–Crippen MR) is 103 cm³/mol. The fraction of sp³-hybridized carbons (Fsp3) is 0.263. The number of hydrogen-bond donors (Lipinski definition) is 2. The second-order valence-electron chi connectivity index (χ2n) is 6.63. The van der Waals surface area contributed by atoms with E-state index in [1.54, 1.807) is 30.3 Å². The SMILES string of the molecule is COc1ccc2[nH]c(O)c(N=NS(=O)(=O)c3ccc(CC(C)C)cc3)c2c1. The molecule has 8 heteroatoms. The van der Waals surface area contributed by atoms with Crippen LogP contribution in [-0.2, 0) is 16.4 Å². The van der Waals surface area contributed by atoms with Gasteiger partial charge >= 0.3 is 0 Å². The summed E-state index contributed by atoms with van der Waals surface area (Å²) in [6.07, 6.45) is 0.868. The molecule has 142 valence electrons. The van der Waals surface area contributed by atoms with Crippen LogP contribution in [0.2, 0.25) is 0 Å². The molecule has 0 bridgehead atoms. The lowest BCUT2D eigenvalue weighted by Crippen LogP contribution is -1.98. The van der Waals surface area contributed by atoms with Gasteiger partial charge in [0.2, 0.25) is 5.88 Å². The number of methoxy groups -OCH3 is 1. The second-order valence-corrected chi connectivity index (χ2v) is 8.22. The number of fused-ring (bicyclic) bond motifs is 1. The molecule has 3 rings (SSSR count). The van der Waals surface area contributed by atoms with Gasteiger partial charge in [0, 0.05) is 5.39 Å². The minimum atomic E-state index is -3.98. The Bertz CT molecular complexity index is 1080. The van der Waals surface area contributed by atoms with E-state index in [1.807, 2.05) is 0 Å². The molecule has 0 amide bonds. The van der Waals surface area contributed by atoms with Crippen molar-refractivity contribution in [3.05, 3.63) is 48.0 Å². The van der Waals surface area contributed by atoms with Gasteiger partial charge < -0.3 is 14.8 Å². The third-order valence-corrected chi connectivity index (χ3v) is 5.24. The van der Waals surface area contributed by atoms with E-state index < -0.39 is 10.0 Å². The standard InChI is InChI=1S/C19H21N3O4S/c1-12(2)10-13-4-7-15(8-5-13)27(24,25)22-21-18-16-11-14(26-3)6-9-17(16)20-19(18)23/h4-9,11-12,20,23H,10H2,1-3H3. The zero-order valence-corrected chi connectivity index (χ0v) is 16.1. The smallest absolute Gasteiger partial charge is 0.299 e. The van der Waals surface area contributed by atoms with E-state index in [0.29, 0.717) is 22.6 Å². The Balaban J connectivity index is 1.92. The Morgan fingerprint density at radius 1 is 1.15 bits per heavy atom. The zero-order chi connectivity index (χ0) is 19.6. The van der Waals surface area contributed by atoms with Gasteiger partial charge in [0.15, 0.2) is 5.69 Å². The van der Waals surface area contributed by atoms with Crippen LogP contribution in [0, 0.1) is 5.92 Å². The van der Waals surface area contributed by atoms with Crippen molar-refractivity contribution in [3.8, 4) is 11.6 Å². The summed E-state index contributed by atoms with van der Waals surface area (Å²) in [4.78, 5) is 2.78. The van der Waals surface area contributed by atoms with Gasteiger partial charge in [-0.15, -0.1) is 5.11 Å². The van der Waals surface area contributed by atoms with Crippen molar-refractivity contribution in [1.29, 1.82) is 0 Å². The quantitative estimate of drug-likeness (QED) is 0.605. The number of ether oxygens (including phenoxy) is 1. The molecule has 0 aliphatic carbocycles. The lowest BCUT2D eigenvalue weighted by atomic mass is 10.0. The van der Waals surface area contributed by atoms with Crippen molar-refractivity contribution in [2.24, 2.45) is 15.6 Å². The van der Waals surface area contributed by atoms with Gasteiger partial charge in [-0.25, -0.2) is 0 Å². The van der Waals surface area contributed by atoms with Crippen molar-refractivity contribution in [1.82, 2.24) is 4.98 Å². The van der Waals surface area contributed by atoms with Gasteiger partial charge in [-0.2, -0.15) is 8.42 Å². The maximum atomic E-state index is 12.5. The molecule has 3 aromatic rings. The summed E-state index contributed by atoms with van der Waals surface area (Å²) in [5.74, 6) is 0.778. The first-order chi connectivity index (χ1) is 12.8. The first-order valence-electron chi connectivity index (χ1n) is 8.46. The van der Waals surface area contributed by atoms with E-state index in [-0.39, 0.29) is 16.5 Å². The van der Waals surface area contributed by atoms with Crippen LogP contribution in [0.1, 0.15) is 19.4 Å². The largest absolute Gasteiger partial charge is 0.497 e. The molecular weight excluding hydrogens is 366 g/mol. The summed E-state index contributed by atoms with van der Waals surface area (Å²) in [6.45, 7) is 4.20. The average molecular weight is 387 g/mol. The molecule has 0 fully saturated rings. The Labute approximate surface area is 157 Å². The number of sulfonamides is 1. The Morgan fingerprint density at radius 3 is 2.48 bits per heavy atom. The number of aromatic hydroxyl groups is 1. The van der Waals surface area contributed by atoms with Crippen LogP contribution in [0.5, 0.6) is 11.6 Å². The Hall–Kier alpha value is -2.87. The van der Waals surface area contributed by atoms with Gasteiger partial charge in [-0.1, -0.05) is 30.5 Å². The van der Waals surface area contributed by atoms with Crippen LogP contribution in [-0.4, -0.2) is 25.6 Å². The van der Waals surface area contributed by atoms with Gasteiger partial charge in [-0.05, 0) is 48.2 Å². The van der Waals surface area contributed by atoms with E-state index >= 15 is 0 Å². The van der Waals surface area contributed by atoms with Crippen LogP contribution in [0.25, 0.3) is 10.9 Å². The van der Waals surface area contributed by atoms with Gasteiger partial charge in [0.1, 0.15) is 5.75 Å².